The van der Waals surface area contributed by atoms with E-state index in [1.807, 2.05) is 6.92 Å². The summed E-state index contributed by atoms with van der Waals surface area (Å²) in [6, 6.07) is 11.6. The average Bonchev–Trinajstić information content (AvgIpc) is 2.66. The molecule has 28 heavy (non-hydrogen) atoms. The lowest BCUT2D eigenvalue weighted by molar-refractivity contribution is -0.137. The molecule has 0 bridgehead atoms. The molecular formula is C20H25F3N2O2S. The topological polar surface area (TPSA) is 49.4 Å². The lowest BCUT2D eigenvalue weighted by Crippen LogP contribution is -2.30. The third-order valence-corrected chi connectivity index (χ3v) is 6.65. The molecule has 0 heterocycles. The smallest absolute Gasteiger partial charge is 0.306 e. The Morgan fingerprint density at radius 3 is 2.18 bits per heavy atom. The Hall–Kier alpha value is -1.90. The SMILES string of the molecule is CCN(CC)S(=O)(=O)c1ccc(C(C)NCc2cccc(C(F)(F)F)c2)cc1. The fraction of sp³-hybridized carbons (Fsp3) is 0.400. The van der Waals surface area contributed by atoms with E-state index >= 15 is 0 Å². The number of rotatable bonds is 8. The molecule has 1 N–H and O–H groups in total. The number of nitrogens with zero attached hydrogens (tertiary/aromatic N) is 1. The number of hydrogen-bond donors (Lipinski definition) is 1. The van der Waals surface area contributed by atoms with Crippen LogP contribution in [0, 0.1) is 0 Å². The maximum atomic E-state index is 12.8. The molecule has 2 aromatic rings. The van der Waals surface area contributed by atoms with Crippen molar-refractivity contribution in [3.63, 3.8) is 0 Å². The summed E-state index contributed by atoms with van der Waals surface area (Å²) >= 11 is 0. The minimum absolute atomic E-state index is 0.153. The van der Waals surface area contributed by atoms with Crippen molar-refractivity contribution in [3.8, 4) is 0 Å². The largest absolute Gasteiger partial charge is 0.416 e. The molecular weight excluding hydrogens is 389 g/mol. The predicted octanol–water partition coefficient (Wildman–Crippen LogP) is 4.59. The molecule has 4 nitrogen and oxygen atoms in total. The van der Waals surface area contributed by atoms with Crippen LogP contribution >= 0.6 is 0 Å². The van der Waals surface area contributed by atoms with Crippen molar-refractivity contribution < 1.29 is 21.6 Å². The normalized spacial score (nSPS) is 13.7. The van der Waals surface area contributed by atoms with Crippen LogP contribution in [0.1, 0.15) is 43.5 Å². The lowest BCUT2D eigenvalue weighted by atomic mass is 10.1. The second-order valence-electron chi connectivity index (χ2n) is 6.46. The second-order valence-corrected chi connectivity index (χ2v) is 8.40. The zero-order valence-corrected chi connectivity index (χ0v) is 16.9. The number of alkyl halides is 3. The molecule has 0 fully saturated rings. The molecule has 0 aliphatic heterocycles. The van der Waals surface area contributed by atoms with Crippen molar-refractivity contribution in [3.05, 3.63) is 65.2 Å². The number of benzene rings is 2. The number of halogens is 3. The Morgan fingerprint density at radius 2 is 1.64 bits per heavy atom. The first-order valence-electron chi connectivity index (χ1n) is 9.09. The van der Waals surface area contributed by atoms with Gasteiger partial charge in [0.25, 0.3) is 0 Å². The zero-order chi connectivity index (χ0) is 20.9. The molecule has 0 saturated carbocycles. The van der Waals surface area contributed by atoms with E-state index in [0.29, 0.717) is 18.7 Å². The van der Waals surface area contributed by atoms with Gasteiger partial charge in [-0.15, -0.1) is 0 Å². The molecule has 0 saturated heterocycles. The van der Waals surface area contributed by atoms with Gasteiger partial charge in [0.2, 0.25) is 10.0 Å². The summed E-state index contributed by atoms with van der Waals surface area (Å²) in [5.41, 5.74) is 0.707. The number of sulfonamides is 1. The highest BCUT2D eigenvalue weighted by Gasteiger charge is 2.30. The van der Waals surface area contributed by atoms with Crippen LogP contribution < -0.4 is 5.32 Å². The molecule has 0 radical (unpaired) electrons. The van der Waals surface area contributed by atoms with E-state index in [0.717, 1.165) is 17.7 Å². The van der Waals surface area contributed by atoms with Gasteiger partial charge in [-0.05, 0) is 36.2 Å². The summed E-state index contributed by atoms with van der Waals surface area (Å²) in [4.78, 5) is 0.227. The average molecular weight is 414 g/mol. The van der Waals surface area contributed by atoms with Crippen molar-refractivity contribution in [1.29, 1.82) is 0 Å². The Morgan fingerprint density at radius 1 is 1.04 bits per heavy atom. The van der Waals surface area contributed by atoms with E-state index < -0.39 is 21.8 Å². The fourth-order valence-corrected chi connectivity index (χ4v) is 4.35. The zero-order valence-electron chi connectivity index (χ0n) is 16.1. The van der Waals surface area contributed by atoms with Gasteiger partial charge in [-0.2, -0.15) is 17.5 Å². The molecule has 0 aliphatic carbocycles. The molecule has 8 heteroatoms. The molecule has 1 atom stereocenters. The van der Waals surface area contributed by atoms with Crippen molar-refractivity contribution in [1.82, 2.24) is 9.62 Å². The molecule has 0 spiro atoms. The van der Waals surface area contributed by atoms with Gasteiger partial charge in [0.05, 0.1) is 10.5 Å². The third kappa shape index (κ3) is 5.33. The fourth-order valence-electron chi connectivity index (χ4n) is 2.89. The number of nitrogens with one attached hydrogen (secondary N) is 1. The van der Waals surface area contributed by atoms with Crippen LogP contribution in [0.4, 0.5) is 13.2 Å². The molecule has 1 unspecified atom stereocenters. The molecule has 0 amide bonds. The lowest BCUT2D eigenvalue weighted by Gasteiger charge is -2.19. The summed E-state index contributed by atoms with van der Waals surface area (Å²) in [5, 5.41) is 3.17. The third-order valence-electron chi connectivity index (χ3n) is 4.59. The van der Waals surface area contributed by atoms with Crippen LogP contribution in [0.25, 0.3) is 0 Å². The van der Waals surface area contributed by atoms with Crippen molar-refractivity contribution in [2.45, 2.75) is 44.4 Å². The summed E-state index contributed by atoms with van der Waals surface area (Å²) < 4.78 is 64.8. The Labute approximate surface area is 164 Å². The first-order valence-corrected chi connectivity index (χ1v) is 10.5. The standard InChI is InChI=1S/C20H25F3N2O2S/c1-4-25(5-2)28(26,27)19-11-9-17(10-12-19)15(3)24-14-16-7-6-8-18(13-16)20(21,22)23/h6-13,15,24H,4-5,14H2,1-3H3. The first-order chi connectivity index (χ1) is 13.1. The molecule has 0 aromatic heterocycles. The summed E-state index contributed by atoms with van der Waals surface area (Å²) in [7, 11) is -3.51. The van der Waals surface area contributed by atoms with E-state index in [1.54, 1.807) is 44.2 Å². The van der Waals surface area contributed by atoms with Crippen LogP contribution in [0.5, 0.6) is 0 Å². The van der Waals surface area contributed by atoms with Crippen LogP contribution in [0.3, 0.4) is 0 Å². The Kier molecular flexibility index (Phi) is 7.25. The molecule has 2 aromatic carbocycles. The van der Waals surface area contributed by atoms with Gasteiger partial charge in [0.15, 0.2) is 0 Å². The van der Waals surface area contributed by atoms with Gasteiger partial charge in [-0.1, -0.05) is 44.2 Å². The highest BCUT2D eigenvalue weighted by Crippen LogP contribution is 2.29. The monoisotopic (exact) mass is 414 g/mol. The summed E-state index contributed by atoms with van der Waals surface area (Å²) in [6.45, 7) is 6.52. The van der Waals surface area contributed by atoms with E-state index in [1.165, 1.54) is 10.4 Å². The highest BCUT2D eigenvalue weighted by molar-refractivity contribution is 7.89. The van der Waals surface area contributed by atoms with E-state index in [-0.39, 0.29) is 17.5 Å². The van der Waals surface area contributed by atoms with Crippen LogP contribution in [0.2, 0.25) is 0 Å². The summed E-state index contributed by atoms with van der Waals surface area (Å²) in [6.07, 6.45) is -4.37. The first kappa shape index (κ1) is 22.4. The molecule has 0 aliphatic rings. The van der Waals surface area contributed by atoms with Gasteiger partial charge < -0.3 is 5.32 Å². The second kappa shape index (κ2) is 9.07. The Balaban J connectivity index is 2.07. The van der Waals surface area contributed by atoms with Gasteiger partial charge >= 0.3 is 6.18 Å². The van der Waals surface area contributed by atoms with Gasteiger partial charge in [0, 0.05) is 25.7 Å². The van der Waals surface area contributed by atoms with Gasteiger partial charge in [0.1, 0.15) is 0 Å². The quantitative estimate of drug-likeness (QED) is 0.688. The van der Waals surface area contributed by atoms with E-state index in [4.69, 9.17) is 0 Å². The van der Waals surface area contributed by atoms with Crippen molar-refractivity contribution in [2.24, 2.45) is 0 Å². The Bertz CT molecular complexity index is 877. The van der Waals surface area contributed by atoms with Crippen LogP contribution in [-0.2, 0) is 22.7 Å². The van der Waals surface area contributed by atoms with E-state index in [2.05, 4.69) is 5.32 Å². The minimum atomic E-state index is -4.37. The molecule has 154 valence electrons. The maximum Gasteiger partial charge on any atom is 0.416 e. The van der Waals surface area contributed by atoms with Crippen LogP contribution in [-0.4, -0.2) is 25.8 Å². The predicted molar refractivity (Wildman–Crippen MR) is 103 cm³/mol. The van der Waals surface area contributed by atoms with Gasteiger partial charge in [-0.3, -0.25) is 0 Å². The maximum absolute atomic E-state index is 12.8. The van der Waals surface area contributed by atoms with Crippen molar-refractivity contribution >= 4 is 10.0 Å². The van der Waals surface area contributed by atoms with Crippen LogP contribution in [0.15, 0.2) is 53.4 Å². The van der Waals surface area contributed by atoms with Gasteiger partial charge in [-0.25, -0.2) is 8.42 Å². The summed E-state index contributed by atoms with van der Waals surface area (Å²) in [5.74, 6) is 0. The number of hydrogen-bond acceptors (Lipinski definition) is 3. The highest BCUT2D eigenvalue weighted by atomic mass is 32.2. The van der Waals surface area contributed by atoms with E-state index in [9.17, 15) is 21.6 Å². The van der Waals surface area contributed by atoms with Crippen molar-refractivity contribution in [2.75, 3.05) is 13.1 Å². The molecule has 2 rings (SSSR count). The minimum Gasteiger partial charge on any atom is -0.306 e.